The average Bonchev–Trinajstić information content (AvgIpc) is 2.85. The number of aromatic nitrogens is 2. The smallest absolute Gasteiger partial charge is 0.223 e. The second-order valence-electron chi connectivity index (χ2n) is 4.92. The van der Waals surface area contributed by atoms with Crippen molar-refractivity contribution in [1.82, 2.24) is 9.97 Å². The summed E-state index contributed by atoms with van der Waals surface area (Å²) in [4.78, 5) is 8.83. The lowest BCUT2D eigenvalue weighted by Gasteiger charge is -2.09. The molecule has 3 rings (SSSR count). The van der Waals surface area contributed by atoms with Gasteiger partial charge >= 0.3 is 0 Å². The van der Waals surface area contributed by atoms with Gasteiger partial charge in [-0.15, -0.1) is 0 Å². The fraction of sp³-hybridized carbons (Fsp3) is 0.286. The van der Waals surface area contributed by atoms with Crippen LogP contribution in [0.15, 0.2) is 29.2 Å². The van der Waals surface area contributed by atoms with Crippen molar-refractivity contribution in [3.8, 4) is 11.3 Å². The molecular formula is C14H13ClN2O2S. The average molecular weight is 309 g/mol. The third kappa shape index (κ3) is 2.43. The van der Waals surface area contributed by atoms with Crippen molar-refractivity contribution in [2.45, 2.75) is 24.2 Å². The lowest BCUT2D eigenvalue weighted by atomic mass is 10.1. The summed E-state index contributed by atoms with van der Waals surface area (Å²) in [7, 11) is -3.23. The second kappa shape index (κ2) is 4.82. The van der Waals surface area contributed by atoms with Crippen molar-refractivity contribution >= 4 is 21.4 Å². The molecule has 1 heterocycles. The summed E-state index contributed by atoms with van der Waals surface area (Å²) in [6, 6.07) is 6.81. The summed E-state index contributed by atoms with van der Waals surface area (Å²) in [6.07, 6.45) is 4.04. The molecular weight excluding hydrogens is 296 g/mol. The maximum atomic E-state index is 11.7. The number of hydrogen-bond acceptors (Lipinski definition) is 4. The first-order chi connectivity index (χ1) is 9.45. The molecule has 0 amide bonds. The molecule has 1 aromatic carbocycles. The highest BCUT2D eigenvalue weighted by Gasteiger charge is 2.20. The SMILES string of the molecule is CS(=O)(=O)c1cccc(-c2nc(Cl)nc3c2CCC3)c1. The van der Waals surface area contributed by atoms with Gasteiger partial charge in [0.05, 0.1) is 10.6 Å². The fourth-order valence-electron chi connectivity index (χ4n) is 2.52. The predicted molar refractivity (Wildman–Crippen MR) is 77.6 cm³/mol. The number of nitrogens with zero attached hydrogens (tertiary/aromatic N) is 2. The van der Waals surface area contributed by atoms with Crippen LogP contribution in [0.1, 0.15) is 17.7 Å². The molecule has 0 N–H and O–H groups in total. The summed E-state index contributed by atoms with van der Waals surface area (Å²) in [6.45, 7) is 0. The van der Waals surface area contributed by atoms with Crippen LogP contribution >= 0.6 is 11.6 Å². The zero-order valence-corrected chi connectivity index (χ0v) is 12.5. The normalized spacial score (nSPS) is 14.3. The second-order valence-corrected chi connectivity index (χ2v) is 7.27. The molecule has 6 heteroatoms. The van der Waals surface area contributed by atoms with E-state index in [9.17, 15) is 8.42 Å². The van der Waals surface area contributed by atoms with Gasteiger partial charge in [-0.1, -0.05) is 12.1 Å². The number of benzene rings is 1. The third-order valence-electron chi connectivity index (χ3n) is 3.44. The minimum absolute atomic E-state index is 0.213. The Morgan fingerprint density at radius 3 is 2.75 bits per heavy atom. The van der Waals surface area contributed by atoms with Crippen LogP contribution in [0.5, 0.6) is 0 Å². The van der Waals surface area contributed by atoms with Crippen molar-refractivity contribution < 1.29 is 8.42 Å². The first-order valence-electron chi connectivity index (χ1n) is 6.31. The standard InChI is InChI=1S/C14H13ClN2O2S/c1-20(18,19)10-5-2-4-9(8-10)13-11-6-3-7-12(11)16-14(15)17-13/h2,4-5,8H,3,6-7H2,1H3. The molecule has 0 radical (unpaired) electrons. The molecule has 1 aromatic heterocycles. The maximum absolute atomic E-state index is 11.7. The van der Waals surface area contributed by atoms with E-state index < -0.39 is 9.84 Å². The molecule has 20 heavy (non-hydrogen) atoms. The van der Waals surface area contributed by atoms with Crippen molar-refractivity contribution in [2.24, 2.45) is 0 Å². The maximum Gasteiger partial charge on any atom is 0.223 e. The number of sulfone groups is 1. The van der Waals surface area contributed by atoms with Gasteiger partial charge in [0.25, 0.3) is 0 Å². The lowest BCUT2D eigenvalue weighted by Crippen LogP contribution is -2.00. The van der Waals surface area contributed by atoms with Crippen LogP contribution < -0.4 is 0 Å². The highest BCUT2D eigenvalue weighted by atomic mass is 35.5. The highest BCUT2D eigenvalue weighted by Crippen LogP contribution is 2.31. The molecule has 0 bridgehead atoms. The van der Waals surface area contributed by atoms with Crippen LogP contribution in [-0.2, 0) is 22.7 Å². The monoisotopic (exact) mass is 308 g/mol. The van der Waals surface area contributed by atoms with Crippen molar-refractivity contribution in [1.29, 1.82) is 0 Å². The Morgan fingerprint density at radius 1 is 1.20 bits per heavy atom. The Morgan fingerprint density at radius 2 is 2.00 bits per heavy atom. The third-order valence-corrected chi connectivity index (χ3v) is 4.72. The molecule has 4 nitrogen and oxygen atoms in total. The van der Waals surface area contributed by atoms with E-state index in [1.807, 2.05) is 6.07 Å². The summed E-state index contributed by atoms with van der Waals surface area (Å²) in [5, 5.41) is 0.213. The Hall–Kier alpha value is -1.46. The van der Waals surface area contributed by atoms with Crippen LogP contribution in [0.25, 0.3) is 11.3 Å². The molecule has 1 aliphatic carbocycles. The van der Waals surface area contributed by atoms with Crippen LogP contribution in [0.4, 0.5) is 0 Å². The number of rotatable bonds is 2. The number of aryl methyl sites for hydroxylation is 1. The molecule has 0 saturated heterocycles. The molecule has 104 valence electrons. The molecule has 0 atom stereocenters. The Labute approximate surface area is 122 Å². The van der Waals surface area contributed by atoms with Gasteiger partial charge in [-0.3, -0.25) is 0 Å². The minimum atomic E-state index is -3.23. The Bertz CT molecular complexity index is 788. The summed E-state index contributed by atoms with van der Waals surface area (Å²) in [5.74, 6) is 0. The zero-order valence-electron chi connectivity index (χ0n) is 10.9. The van der Waals surface area contributed by atoms with Gasteiger partial charge < -0.3 is 0 Å². The molecule has 0 aliphatic heterocycles. The van der Waals surface area contributed by atoms with Crippen LogP contribution in [-0.4, -0.2) is 24.6 Å². The van der Waals surface area contributed by atoms with E-state index in [0.29, 0.717) is 0 Å². The van der Waals surface area contributed by atoms with E-state index in [2.05, 4.69) is 9.97 Å². The van der Waals surface area contributed by atoms with Crippen LogP contribution in [0.2, 0.25) is 5.28 Å². The minimum Gasteiger partial charge on any atom is -0.224 e. The van der Waals surface area contributed by atoms with Gasteiger partial charge in [-0.05, 0) is 43.0 Å². The lowest BCUT2D eigenvalue weighted by molar-refractivity contribution is 0.602. The van der Waals surface area contributed by atoms with Gasteiger partial charge in [-0.25, -0.2) is 18.4 Å². The van der Waals surface area contributed by atoms with E-state index in [4.69, 9.17) is 11.6 Å². The first kappa shape index (κ1) is 13.5. The van der Waals surface area contributed by atoms with E-state index in [1.54, 1.807) is 18.2 Å². The number of hydrogen-bond donors (Lipinski definition) is 0. The van der Waals surface area contributed by atoms with Crippen molar-refractivity contribution in [2.75, 3.05) is 6.26 Å². The van der Waals surface area contributed by atoms with E-state index >= 15 is 0 Å². The zero-order chi connectivity index (χ0) is 14.3. The van der Waals surface area contributed by atoms with Gasteiger partial charge in [0, 0.05) is 23.1 Å². The Kier molecular flexibility index (Phi) is 3.26. The van der Waals surface area contributed by atoms with E-state index in [1.165, 1.54) is 6.26 Å². The molecule has 0 spiro atoms. The predicted octanol–water partition coefficient (Wildman–Crippen LogP) is 2.69. The molecule has 0 saturated carbocycles. The summed E-state index contributed by atoms with van der Waals surface area (Å²) in [5.41, 5.74) is 3.59. The van der Waals surface area contributed by atoms with Crippen molar-refractivity contribution in [3.63, 3.8) is 0 Å². The van der Waals surface area contributed by atoms with E-state index in [0.717, 1.165) is 41.8 Å². The molecule has 1 aliphatic rings. The molecule has 0 fully saturated rings. The van der Waals surface area contributed by atoms with Gasteiger partial charge in [0.2, 0.25) is 5.28 Å². The van der Waals surface area contributed by atoms with Crippen LogP contribution in [0.3, 0.4) is 0 Å². The first-order valence-corrected chi connectivity index (χ1v) is 8.58. The fourth-order valence-corrected chi connectivity index (χ4v) is 3.37. The van der Waals surface area contributed by atoms with Crippen molar-refractivity contribution in [3.05, 3.63) is 40.8 Å². The van der Waals surface area contributed by atoms with Gasteiger partial charge in [0.1, 0.15) is 0 Å². The highest BCUT2D eigenvalue weighted by molar-refractivity contribution is 7.90. The van der Waals surface area contributed by atoms with Gasteiger partial charge in [-0.2, -0.15) is 0 Å². The van der Waals surface area contributed by atoms with Crippen LogP contribution in [0, 0.1) is 0 Å². The molecule has 0 unspecified atom stereocenters. The van der Waals surface area contributed by atoms with Gasteiger partial charge in [0.15, 0.2) is 9.84 Å². The molecule has 2 aromatic rings. The topological polar surface area (TPSA) is 59.9 Å². The summed E-state index contributed by atoms with van der Waals surface area (Å²) >= 11 is 5.97. The number of fused-ring (bicyclic) bond motifs is 1. The largest absolute Gasteiger partial charge is 0.224 e. The quantitative estimate of drug-likeness (QED) is 0.800. The number of halogens is 1. The Balaban J connectivity index is 2.20. The van der Waals surface area contributed by atoms with E-state index in [-0.39, 0.29) is 10.2 Å². The summed E-state index contributed by atoms with van der Waals surface area (Å²) < 4.78 is 23.3.